The number of nitrogens with zero attached hydrogens (tertiary/aromatic N) is 1. The normalized spacial score (nSPS) is 13.1. The van der Waals surface area contributed by atoms with Crippen LogP contribution in [0.25, 0.3) is 20.7 Å². The van der Waals surface area contributed by atoms with E-state index in [1.54, 1.807) is 11.3 Å². The third-order valence-electron chi connectivity index (χ3n) is 3.71. The number of thiophene rings is 1. The maximum atomic E-state index is 5.90. The van der Waals surface area contributed by atoms with Crippen molar-refractivity contribution in [2.75, 3.05) is 6.54 Å². The monoisotopic (exact) mass is 299 g/mol. The molecule has 0 fully saturated rings. The second kappa shape index (κ2) is 6.00. The van der Waals surface area contributed by atoms with Crippen molar-refractivity contribution in [2.24, 2.45) is 11.7 Å². The Morgan fingerprint density at radius 2 is 2.10 bits per heavy atom. The van der Waals surface area contributed by atoms with Crippen molar-refractivity contribution < 1.29 is 0 Å². The first-order valence-electron chi connectivity index (χ1n) is 7.41. The molecule has 1 atom stereocenters. The zero-order chi connectivity index (χ0) is 14.8. The Bertz CT molecular complexity index is 693. The molecule has 0 saturated heterocycles. The summed E-state index contributed by atoms with van der Waals surface area (Å²) < 4.78 is 1.31. The molecule has 0 bridgehead atoms. The molecule has 0 saturated carbocycles. The van der Waals surface area contributed by atoms with Crippen LogP contribution in [-0.4, -0.2) is 16.5 Å². The molecule has 3 N–H and O–H groups in total. The van der Waals surface area contributed by atoms with E-state index in [9.17, 15) is 0 Å². The summed E-state index contributed by atoms with van der Waals surface area (Å²) in [6, 6.07) is 10.7. The second-order valence-corrected chi connectivity index (χ2v) is 6.98. The maximum absolute atomic E-state index is 5.90. The number of nitrogens with one attached hydrogen (secondary N) is 1. The summed E-state index contributed by atoms with van der Waals surface area (Å²) >= 11 is 1.79. The van der Waals surface area contributed by atoms with Crippen LogP contribution in [0, 0.1) is 5.92 Å². The summed E-state index contributed by atoms with van der Waals surface area (Å²) in [4.78, 5) is 9.26. The minimum absolute atomic E-state index is 0.313. The van der Waals surface area contributed by atoms with E-state index in [-0.39, 0.29) is 0 Å². The smallest absolute Gasteiger partial charge is 0.110 e. The Morgan fingerprint density at radius 3 is 2.81 bits per heavy atom. The molecule has 0 radical (unpaired) electrons. The van der Waals surface area contributed by atoms with Gasteiger partial charge < -0.3 is 10.7 Å². The summed E-state index contributed by atoms with van der Waals surface area (Å²) in [5.41, 5.74) is 7.00. The van der Waals surface area contributed by atoms with Crippen LogP contribution in [0.2, 0.25) is 0 Å². The lowest BCUT2D eigenvalue weighted by molar-refractivity contribution is 0.490. The van der Waals surface area contributed by atoms with Gasteiger partial charge in [-0.2, -0.15) is 0 Å². The van der Waals surface area contributed by atoms with Crippen molar-refractivity contribution in [3.8, 4) is 10.6 Å². The van der Waals surface area contributed by atoms with Crippen molar-refractivity contribution in [3.05, 3.63) is 42.4 Å². The molecule has 0 spiro atoms. The number of H-pyrrole nitrogens is 1. The Morgan fingerprint density at radius 1 is 1.29 bits per heavy atom. The number of aromatic nitrogens is 2. The number of nitrogens with two attached hydrogens (primary N) is 1. The van der Waals surface area contributed by atoms with Gasteiger partial charge in [0.15, 0.2) is 0 Å². The van der Waals surface area contributed by atoms with Gasteiger partial charge in [0.2, 0.25) is 0 Å². The number of aromatic amines is 1. The van der Waals surface area contributed by atoms with Gasteiger partial charge in [0.1, 0.15) is 5.82 Å². The third kappa shape index (κ3) is 3.01. The first-order chi connectivity index (χ1) is 10.2. The molecule has 2 heterocycles. The average molecular weight is 299 g/mol. The largest absolute Gasteiger partial charge is 0.341 e. The van der Waals surface area contributed by atoms with E-state index >= 15 is 0 Å². The van der Waals surface area contributed by atoms with Crippen LogP contribution in [0.4, 0.5) is 0 Å². The van der Waals surface area contributed by atoms with Gasteiger partial charge in [-0.1, -0.05) is 32.0 Å². The number of benzene rings is 1. The van der Waals surface area contributed by atoms with E-state index in [1.807, 2.05) is 6.20 Å². The van der Waals surface area contributed by atoms with Crippen LogP contribution in [0.3, 0.4) is 0 Å². The minimum atomic E-state index is 0.313. The van der Waals surface area contributed by atoms with E-state index in [1.165, 1.54) is 15.0 Å². The van der Waals surface area contributed by atoms with E-state index in [0.717, 1.165) is 17.9 Å². The highest BCUT2D eigenvalue weighted by atomic mass is 32.1. The Labute approximate surface area is 129 Å². The van der Waals surface area contributed by atoms with Gasteiger partial charge in [0, 0.05) is 17.2 Å². The summed E-state index contributed by atoms with van der Waals surface area (Å²) in [6.45, 7) is 5.08. The lowest BCUT2D eigenvalue weighted by atomic mass is 9.97. The van der Waals surface area contributed by atoms with Crippen molar-refractivity contribution in [1.82, 2.24) is 9.97 Å². The highest BCUT2D eigenvalue weighted by Gasteiger charge is 2.16. The van der Waals surface area contributed by atoms with Gasteiger partial charge in [-0.25, -0.2) is 4.98 Å². The van der Waals surface area contributed by atoms with Gasteiger partial charge in [-0.05, 0) is 29.9 Å². The third-order valence-corrected chi connectivity index (χ3v) is 4.86. The van der Waals surface area contributed by atoms with Crippen molar-refractivity contribution in [1.29, 1.82) is 0 Å². The topological polar surface area (TPSA) is 54.7 Å². The van der Waals surface area contributed by atoms with Crippen molar-refractivity contribution in [3.63, 3.8) is 0 Å². The Hall–Kier alpha value is -1.65. The van der Waals surface area contributed by atoms with Gasteiger partial charge in [-0.3, -0.25) is 0 Å². The van der Waals surface area contributed by atoms with Crippen molar-refractivity contribution in [2.45, 2.75) is 26.2 Å². The van der Waals surface area contributed by atoms with E-state index < -0.39 is 0 Å². The van der Waals surface area contributed by atoms with Crippen molar-refractivity contribution >= 4 is 21.4 Å². The molecule has 2 aromatic heterocycles. The number of rotatable bonds is 5. The number of hydrogen-bond donors (Lipinski definition) is 2. The number of imidazole rings is 1. The van der Waals surface area contributed by atoms with Crippen LogP contribution in [0.1, 0.15) is 32.0 Å². The fourth-order valence-electron chi connectivity index (χ4n) is 2.67. The summed E-state index contributed by atoms with van der Waals surface area (Å²) in [6.07, 6.45) is 3.00. The number of hydrogen-bond acceptors (Lipinski definition) is 3. The van der Waals surface area contributed by atoms with Gasteiger partial charge in [0.05, 0.1) is 16.8 Å². The van der Waals surface area contributed by atoms with Crippen LogP contribution in [-0.2, 0) is 0 Å². The molecule has 4 heteroatoms. The Kier molecular flexibility index (Phi) is 4.08. The average Bonchev–Trinajstić information content (AvgIpc) is 3.10. The standard InChI is InChI=1S/C17H21N3S/c1-11(2)7-13(9-18)17-19-10-14(20-17)16-8-12-5-3-4-6-15(12)21-16/h3-6,8,10-11,13H,7,9,18H2,1-2H3,(H,19,20). The summed E-state index contributed by atoms with van der Waals surface area (Å²) in [5, 5.41) is 1.28. The molecule has 3 aromatic rings. The molecular weight excluding hydrogens is 278 g/mol. The van der Waals surface area contributed by atoms with Gasteiger partial charge in [0.25, 0.3) is 0 Å². The van der Waals surface area contributed by atoms with E-state index in [2.05, 4.69) is 54.1 Å². The zero-order valence-electron chi connectivity index (χ0n) is 12.5. The van der Waals surface area contributed by atoms with Gasteiger partial charge >= 0.3 is 0 Å². The molecule has 1 unspecified atom stereocenters. The lowest BCUT2D eigenvalue weighted by Crippen LogP contribution is -2.15. The highest BCUT2D eigenvalue weighted by Crippen LogP contribution is 2.33. The molecule has 1 aromatic carbocycles. The fourth-order valence-corrected chi connectivity index (χ4v) is 3.70. The molecule has 110 valence electrons. The zero-order valence-corrected chi connectivity index (χ0v) is 13.3. The first kappa shape index (κ1) is 14.3. The molecule has 3 rings (SSSR count). The molecular formula is C17H21N3S. The lowest BCUT2D eigenvalue weighted by Gasteiger charge is -2.14. The Balaban J connectivity index is 1.90. The molecule has 0 aliphatic rings. The van der Waals surface area contributed by atoms with E-state index in [4.69, 9.17) is 5.73 Å². The molecule has 0 amide bonds. The molecule has 3 nitrogen and oxygen atoms in total. The van der Waals surface area contributed by atoms with E-state index in [0.29, 0.717) is 18.4 Å². The highest BCUT2D eigenvalue weighted by molar-refractivity contribution is 7.22. The molecule has 0 aliphatic carbocycles. The SMILES string of the molecule is CC(C)CC(CN)c1ncc(-c2cc3ccccc3s2)[nH]1. The second-order valence-electron chi connectivity index (χ2n) is 5.89. The first-order valence-corrected chi connectivity index (χ1v) is 8.23. The quantitative estimate of drug-likeness (QED) is 0.734. The van der Waals surface area contributed by atoms with Crippen LogP contribution < -0.4 is 5.73 Å². The number of fused-ring (bicyclic) bond motifs is 1. The summed E-state index contributed by atoms with van der Waals surface area (Å²) in [5.74, 6) is 1.95. The summed E-state index contributed by atoms with van der Waals surface area (Å²) in [7, 11) is 0. The molecule has 21 heavy (non-hydrogen) atoms. The minimum Gasteiger partial charge on any atom is -0.341 e. The van der Waals surface area contributed by atoms with Crippen LogP contribution >= 0.6 is 11.3 Å². The predicted octanol–water partition coefficient (Wildman–Crippen LogP) is 4.38. The fraction of sp³-hybridized carbons (Fsp3) is 0.353. The van der Waals surface area contributed by atoms with Crippen LogP contribution in [0.5, 0.6) is 0 Å². The maximum Gasteiger partial charge on any atom is 0.110 e. The predicted molar refractivity (Wildman–Crippen MR) is 90.7 cm³/mol. The van der Waals surface area contributed by atoms with Crippen LogP contribution in [0.15, 0.2) is 36.5 Å². The van der Waals surface area contributed by atoms with Gasteiger partial charge in [-0.15, -0.1) is 11.3 Å². The molecule has 0 aliphatic heterocycles.